The minimum absolute atomic E-state index is 0.178. The van der Waals surface area contributed by atoms with Crippen LogP contribution in [-0.4, -0.2) is 55.9 Å². The van der Waals surface area contributed by atoms with Crippen molar-refractivity contribution in [3.63, 3.8) is 0 Å². The second-order valence-corrected chi connectivity index (χ2v) is 21.4. The molecule has 0 bridgehead atoms. The summed E-state index contributed by atoms with van der Waals surface area (Å²) in [5.41, 5.74) is -1.10. The smallest absolute Gasteiger partial charge is 0.497 e. The van der Waals surface area contributed by atoms with Crippen LogP contribution in [0.5, 0.6) is 5.75 Å². The van der Waals surface area contributed by atoms with E-state index in [1.165, 1.54) is 16.8 Å². The molecule has 0 aliphatic carbocycles. The molecule has 0 spiro atoms. The molecule has 1 aliphatic heterocycles. The van der Waals surface area contributed by atoms with Crippen LogP contribution in [0.25, 0.3) is 0 Å². The minimum Gasteiger partial charge on any atom is -0.497 e. The number of aromatic amines is 1. The molecule has 1 aliphatic rings. The van der Waals surface area contributed by atoms with Gasteiger partial charge in [-0.2, -0.15) is 4.52 Å². The third-order valence-corrected chi connectivity index (χ3v) is 15.2. The van der Waals surface area contributed by atoms with Gasteiger partial charge in [-0.1, -0.05) is 93.6 Å². The van der Waals surface area contributed by atoms with Gasteiger partial charge < -0.3 is 18.6 Å². The normalized spacial score (nSPS) is 19.7. The Morgan fingerprint density at radius 1 is 0.833 bits per heavy atom. The Hall–Kier alpha value is -4.23. The summed E-state index contributed by atoms with van der Waals surface area (Å²) in [4.78, 5) is 40.6. The fourth-order valence-electron chi connectivity index (χ4n) is 5.92. The minimum atomic E-state index is -3.05. The van der Waals surface area contributed by atoms with Crippen molar-refractivity contribution in [2.24, 2.45) is 5.41 Å². The van der Waals surface area contributed by atoms with Gasteiger partial charge in [-0.3, -0.25) is 14.3 Å². The van der Waals surface area contributed by atoms with E-state index in [0.29, 0.717) is 5.75 Å². The lowest BCUT2D eigenvalue weighted by atomic mass is 9.80. The number of carbonyl (C=O) groups excluding carboxylic acids is 1. The molecule has 1 saturated heterocycles. The largest absolute Gasteiger partial charge is 0.753 e. The molecule has 0 amide bonds. The van der Waals surface area contributed by atoms with Crippen molar-refractivity contribution < 1.29 is 37.0 Å². The molecule has 1 fully saturated rings. The van der Waals surface area contributed by atoms with E-state index in [2.05, 4.69) is 25.8 Å². The summed E-state index contributed by atoms with van der Waals surface area (Å²) >= 11 is 0. The first-order chi connectivity index (χ1) is 25.4. The van der Waals surface area contributed by atoms with Crippen LogP contribution < -0.4 is 16.0 Å². The number of nitrogens with zero attached hydrogens (tertiary/aromatic N) is 1. The van der Waals surface area contributed by atoms with Crippen LogP contribution in [0.1, 0.15) is 64.5 Å². The predicted molar refractivity (Wildman–Crippen MR) is 207 cm³/mol. The summed E-state index contributed by atoms with van der Waals surface area (Å²) in [5.74, 6) is -0.0629. The molecule has 2 heterocycles. The maximum atomic E-state index is 13.6. The van der Waals surface area contributed by atoms with E-state index in [9.17, 15) is 18.9 Å². The summed E-state index contributed by atoms with van der Waals surface area (Å²) in [5, 5.41) is -0.308. The SMILES string of the molecule is COc1ccc(C(OC[C@H]2O[C@@H](n3ccc(=O)[nH]c3=O)[C@H](O[Si](C)(C)C(C)(C)C)[C@@H]2O[P+](=O)OC(=O)C(C)(C)C)(c2ccccc2)c2ccccc2)cc1. The third kappa shape index (κ3) is 8.83. The van der Waals surface area contributed by atoms with Gasteiger partial charge in [-0.25, -0.2) is 9.59 Å². The van der Waals surface area contributed by atoms with E-state index in [-0.39, 0.29) is 11.6 Å². The first-order valence-corrected chi connectivity index (χ1v) is 21.8. The van der Waals surface area contributed by atoms with Gasteiger partial charge in [-0.05, 0) is 67.7 Å². The van der Waals surface area contributed by atoms with Crippen LogP contribution in [0.4, 0.5) is 0 Å². The molecule has 14 heteroatoms. The fraction of sp³-hybridized carbons (Fsp3) is 0.425. The highest BCUT2D eigenvalue weighted by molar-refractivity contribution is 7.34. The second kappa shape index (κ2) is 16.2. The lowest BCUT2D eigenvalue weighted by Gasteiger charge is -2.40. The fourth-order valence-corrected chi connectivity index (χ4v) is 8.11. The van der Waals surface area contributed by atoms with E-state index in [1.807, 2.05) is 98.0 Å². The molecular weight excluding hydrogens is 728 g/mol. The van der Waals surface area contributed by atoms with E-state index in [0.717, 1.165) is 16.7 Å². The van der Waals surface area contributed by atoms with Gasteiger partial charge in [-0.15, -0.1) is 4.52 Å². The van der Waals surface area contributed by atoms with E-state index >= 15 is 0 Å². The van der Waals surface area contributed by atoms with Gasteiger partial charge in [0, 0.05) is 16.8 Å². The number of methoxy groups -OCH3 is 1. The zero-order valence-corrected chi connectivity index (χ0v) is 34.1. The van der Waals surface area contributed by atoms with Crippen molar-refractivity contribution in [3.05, 3.63) is 135 Å². The molecule has 0 radical (unpaired) electrons. The average molecular weight is 778 g/mol. The monoisotopic (exact) mass is 777 g/mol. The molecule has 5 atom stereocenters. The summed E-state index contributed by atoms with van der Waals surface area (Å²) in [7, 11) is -4.14. The van der Waals surface area contributed by atoms with E-state index in [1.54, 1.807) is 27.9 Å². The number of carbonyl (C=O) groups is 1. The topological polar surface area (TPSA) is 144 Å². The highest BCUT2D eigenvalue weighted by Gasteiger charge is 2.56. The Kier molecular flexibility index (Phi) is 12.3. The number of hydrogen-bond donors (Lipinski definition) is 1. The Balaban J connectivity index is 1.66. The van der Waals surface area contributed by atoms with E-state index < -0.39 is 69.3 Å². The number of benzene rings is 3. The van der Waals surface area contributed by atoms with Crippen LogP contribution in [0.15, 0.2) is 107 Å². The zero-order valence-electron chi connectivity index (χ0n) is 32.2. The number of hydrogen-bond acceptors (Lipinski definition) is 10. The van der Waals surface area contributed by atoms with Crippen LogP contribution in [0.2, 0.25) is 18.1 Å². The van der Waals surface area contributed by atoms with Crippen molar-refractivity contribution in [1.82, 2.24) is 9.55 Å². The Labute approximate surface area is 317 Å². The van der Waals surface area contributed by atoms with Gasteiger partial charge in [0.1, 0.15) is 23.6 Å². The van der Waals surface area contributed by atoms with Crippen LogP contribution >= 0.6 is 8.25 Å². The van der Waals surface area contributed by atoms with Gasteiger partial charge >= 0.3 is 19.9 Å². The maximum absolute atomic E-state index is 13.6. The average Bonchev–Trinajstić information content (AvgIpc) is 3.43. The molecule has 12 nitrogen and oxygen atoms in total. The molecule has 1 unspecified atom stereocenters. The standard InChI is InChI=1S/C40H49N2O10PSi/c1-38(2,3)36(44)51-53(46)50-33-31(49-35(42-25-24-32(43)41-37(42)45)34(33)52-54(8,9)39(4,5)6)26-48-40(27-16-12-10-13-17-27,28-18-14-11-15-19-28)29-20-22-30(47-7)23-21-29/h10-25,31,33-35H,26H2,1-9H3/p+1/t31-,33-,34-,35-/m1/s1. The molecule has 54 heavy (non-hydrogen) atoms. The first-order valence-electron chi connectivity index (χ1n) is 17.8. The van der Waals surface area contributed by atoms with Crippen molar-refractivity contribution in [2.75, 3.05) is 13.7 Å². The summed E-state index contributed by atoms with van der Waals surface area (Å²) < 4.78 is 52.5. The summed E-state index contributed by atoms with van der Waals surface area (Å²) in [6.45, 7) is 15.0. The van der Waals surface area contributed by atoms with Gasteiger partial charge in [0.05, 0.1) is 19.1 Å². The van der Waals surface area contributed by atoms with Gasteiger partial charge in [0.15, 0.2) is 20.6 Å². The Bertz CT molecular complexity index is 1980. The molecule has 3 aromatic carbocycles. The number of H-pyrrole nitrogens is 1. The summed E-state index contributed by atoms with van der Waals surface area (Å²) in [6, 6.07) is 28.2. The predicted octanol–water partition coefficient (Wildman–Crippen LogP) is 7.47. The number of nitrogens with one attached hydrogen (secondary N) is 1. The van der Waals surface area contributed by atoms with Crippen molar-refractivity contribution >= 4 is 22.5 Å². The van der Waals surface area contributed by atoms with Crippen LogP contribution in [0, 0.1) is 5.41 Å². The van der Waals surface area contributed by atoms with E-state index in [4.69, 9.17) is 27.7 Å². The van der Waals surface area contributed by atoms with Crippen molar-refractivity contribution in [3.8, 4) is 5.75 Å². The van der Waals surface area contributed by atoms with Crippen molar-refractivity contribution in [2.45, 2.75) is 89.8 Å². The highest BCUT2D eigenvalue weighted by Crippen LogP contribution is 2.47. The third-order valence-electron chi connectivity index (χ3n) is 9.95. The Morgan fingerprint density at radius 2 is 1.39 bits per heavy atom. The molecular formula is C40H50N2O10PSi+. The molecule has 1 aromatic heterocycles. The maximum Gasteiger partial charge on any atom is 0.753 e. The van der Waals surface area contributed by atoms with Crippen LogP contribution in [-0.2, 0) is 37.9 Å². The van der Waals surface area contributed by atoms with Crippen molar-refractivity contribution in [1.29, 1.82) is 0 Å². The number of rotatable bonds is 13. The molecule has 5 rings (SSSR count). The Morgan fingerprint density at radius 3 is 1.89 bits per heavy atom. The zero-order chi connectivity index (χ0) is 39.5. The summed E-state index contributed by atoms with van der Waals surface area (Å²) in [6.07, 6.45) is -3.11. The lowest BCUT2D eigenvalue weighted by Crippen LogP contribution is -2.50. The molecule has 1 N–H and O–H groups in total. The van der Waals surface area contributed by atoms with Gasteiger partial charge in [0.2, 0.25) is 0 Å². The van der Waals surface area contributed by atoms with Gasteiger partial charge in [0.25, 0.3) is 5.56 Å². The first kappa shape index (κ1) is 40.9. The highest BCUT2D eigenvalue weighted by atomic mass is 31.1. The quantitative estimate of drug-likeness (QED) is 0.0825. The second-order valence-electron chi connectivity index (χ2n) is 15.8. The number of aromatic nitrogens is 2. The van der Waals surface area contributed by atoms with Crippen LogP contribution in [0.3, 0.4) is 0 Å². The lowest BCUT2D eigenvalue weighted by molar-refractivity contribution is -0.143. The number of ether oxygens (including phenoxy) is 3. The molecule has 288 valence electrons. The molecule has 0 saturated carbocycles. The molecule has 4 aromatic rings.